The Morgan fingerprint density at radius 1 is 1.50 bits per heavy atom. The minimum absolute atomic E-state index is 0.150. The Balaban J connectivity index is 1.95. The second-order valence-electron chi connectivity index (χ2n) is 3.33. The van der Waals surface area contributed by atoms with Gasteiger partial charge in [-0.05, 0) is 11.4 Å². The van der Waals surface area contributed by atoms with E-state index < -0.39 is 5.97 Å². The fraction of sp³-hybridized carbons (Fsp3) is 0.182. The third kappa shape index (κ3) is 3.14. The van der Waals surface area contributed by atoms with Crippen LogP contribution in [-0.4, -0.2) is 24.0 Å². The van der Waals surface area contributed by atoms with Crippen molar-refractivity contribution in [2.45, 2.75) is 6.42 Å². The molecular weight excluding hydrogens is 272 g/mol. The molecule has 0 bridgehead atoms. The molecule has 1 N–H and O–H groups in total. The lowest BCUT2D eigenvalue weighted by molar-refractivity contribution is -0.115. The maximum absolute atomic E-state index is 11.7. The minimum atomic E-state index is -0.453. The average Bonchev–Trinajstić information content (AvgIpc) is 2.99. The lowest BCUT2D eigenvalue weighted by Crippen LogP contribution is -2.13. The van der Waals surface area contributed by atoms with Gasteiger partial charge in [0.25, 0.3) is 0 Å². The summed E-state index contributed by atoms with van der Waals surface area (Å²) in [4.78, 5) is 28.2. The number of carbonyl (C=O) groups excluding carboxylic acids is 2. The Labute approximate surface area is 111 Å². The number of rotatable bonds is 4. The van der Waals surface area contributed by atoms with Gasteiger partial charge in [-0.3, -0.25) is 4.79 Å². The highest BCUT2D eigenvalue weighted by atomic mass is 32.1. The van der Waals surface area contributed by atoms with E-state index in [-0.39, 0.29) is 5.91 Å². The largest absolute Gasteiger partial charge is 0.465 e. The van der Waals surface area contributed by atoms with Crippen LogP contribution in [0.2, 0.25) is 0 Å². The van der Waals surface area contributed by atoms with Gasteiger partial charge in [-0.15, -0.1) is 11.3 Å². The predicted octanol–water partition coefficient (Wildman–Crippen LogP) is 2.17. The van der Waals surface area contributed by atoms with Gasteiger partial charge in [0.1, 0.15) is 4.88 Å². The Hall–Kier alpha value is -1.73. The fourth-order valence-corrected chi connectivity index (χ4v) is 2.72. The first-order valence-electron chi connectivity index (χ1n) is 5.05. The number of nitrogens with zero attached hydrogens (tertiary/aromatic N) is 1. The maximum atomic E-state index is 11.7. The second-order valence-corrected chi connectivity index (χ2v) is 5.39. The number of esters is 1. The number of nitrogens with one attached hydrogen (secondary N) is 1. The summed E-state index contributed by atoms with van der Waals surface area (Å²) in [7, 11) is 1.30. The number of amides is 1. The van der Waals surface area contributed by atoms with Crippen molar-refractivity contribution < 1.29 is 14.3 Å². The first kappa shape index (κ1) is 12.7. The molecule has 0 aliphatic heterocycles. The molecule has 1 amide bonds. The van der Waals surface area contributed by atoms with E-state index >= 15 is 0 Å². The van der Waals surface area contributed by atoms with Gasteiger partial charge in [0.2, 0.25) is 5.91 Å². The van der Waals surface area contributed by atoms with Crippen molar-refractivity contribution in [1.82, 2.24) is 4.98 Å². The highest BCUT2D eigenvalue weighted by Crippen LogP contribution is 2.19. The van der Waals surface area contributed by atoms with E-state index in [1.54, 1.807) is 0 Å². The van der Waals surface area contributed by atoms with Gasteiger partial charge < -0.3 is 10.1 Å². The monoisotopic (exact) mass is 282 g/mol. The van der Waals surface area contributed by atoms with E-state index in [4.69, 9.17) is 0 Å². The summed E-state index contributed by atoms with van der Waals surface area (Å²) in [6, 6.07) is 3.79. The summed E-state index contributed by atoms with van der Waals surface area (Å²) < 4.78 is 4.56. The molecule has 0 atom stereocenters. The first-order chi connectivity index (χ1) is 8.69. The summed E-state index contributed by atoms with van der Waals surface area (Å²) in [5.41, 5.74) is 0. The van der Waals surface area contributed by atoms with E-state index in [0.717, 1.165) is 16.2 Å². The number of anilines is 1. The molecule has 7 heteroatoms. The number of aromatic nitrogens is 1. The maximum Gasteiger partial charge on any atom is 0.349 e. The first-order valence-corrected chi connectivity index (χ1v) is 6.75. The zero-order valence-electron chi connectivity index (χ0n) is 9.50. The van der Waals surface area contributed by atoms with E-state index in [2.05, 4.69) is 15.0 Å². The molecule has 0 saturated carbocycles. The zero-order chi connectivity index (χ0) is 13.0. The van der Waals surface area contributed by atoms with Crippen molar-refractivity contribution in [3.8, 4) is 0 Å². The molecule has 2 aromatic rings. The van der Waals surface area contributed by atoms with Crippen LogP contribution in [0.5, 0.6) is 0 Å². The van der Waals surface area contributed by atoms with E-state index in [1.807, 2.05) is 17.5 Å². The number of carbonyl (C=O) groups is 2. The molecule has 0 unspecified atom stereocenters. The molecule has 0 radical (unpaired) electrons. The van der Waals surface area contributed by atoms with Crippen molar-refractivity contribution in [3.63, 3.8) is 0 Å². The number of hydrogen-bond donors (Lipinski definition) is 1. The fourth-order valence-electron chi connectivity index (χ4n) is 1.26. The predicted molar refractivity (Wildman–Crippen MR) is 70.1 cm³/mol. The Kier molecular flexibility index (Phi) is 4.06. The van der Waals surface area contributed by atoms with Crippen molar-refractivity contribution in [2.75, 3.05) is 12.4 Å². The van der Waals surface area contributed by atoms with Crippen LogP contribution in [0, 0.1) is 0 Å². The molecular formula is C11H10N2O3S2. The molecule has 2 heterocycles. The van der Waals surface area contributed by atoms with Crippen molar-refractivity contribution in [1.29, 1.82) is 0 Å². The van der Waals surface area contributed by atoms with Gasteiger partial charge in [-0.1, -0.05) is 17.4 Å². The normalized spacial score (nSPS) is 10.1. The Morgan fingerprint density at radius 2 is 2.33 bits per heavy atom. The number of thiophene rings is 1. The van der Waals surface area contributed by atoms with Gasteiger partial charge in [0.15, 0.2) is 5.13 Å². The quantitative estimate of drug-likeness (QED) is 0.873. The minimum Gasteiger partial charge on any atom is -0.465 e. The van der Waals surface area contributed by atoms with Gasteiger partial charge in [0.05, 0.1) is 19.7 Å². The van der Waals surface area contributed by atoms with Gasteiger partial charge in [0, 0.05) is 4.88 Å². The van der Waals surface area contributed by atoms with Crippen molar-refractivity contribution >= 4 is 39.7 Å². The van der Waals surface area contributed by atoms with Crippen LogP contribution >= 0.6 is 22.7 Å². The van der Waals surface area contributed by atoms with Crippen LogP contribution in [0.1, 0.15) is 14.5 Å². The molecule has 0 aliphatic rings. The molecule has 0 aliphatic carbocycles. The molecule has 94 valence electrons. The number of methoxy groups -OCH3 is 1. The smallest absolute Gasteiger partial charge is 0.349 e. The molecule has 18 heavy (non-hydrogen) atoms. The van der Waals surface area contributed by atoms with Crippen LogP contribution in [0.25, 0.3) is 0 Å². The molecule has 0 aromatic carbocycles. The average molecular weight is 282 g/mol. The number of thiazole rings is 1. The lowest BCUT2D eigenvalue weighted by atomic mass is 10.3. The third-order valence-electron chi connectivity index (χ3n) is 2.05. The lowest BCUT2D eigenvalue weighted by Gasteiger charge is -1.98. The molecule has 5 nitrogen and oxygen atoms in total. The van der Waals surface area contributed by atoms with Crippen molar-refractivity contribution in [3.05, 3.63) is 33.5 Å². The number of ether oxygens (including phenoxy) is 1. The third-order valence-corrected chi connectivity index (χ3v) is 3.82. The number of hydrogen-bond acceptors (Lipinski definition) is 6. The standard InChI is InChI=1S/C11H10N2O3S2/c1-16-10(15)8-6-12-11(18-8)13-9(14)5-7-3-2-4-17-7/h2-4,6H,5H2,1H3,(H,12,13,14). The Morgan fingerprint density at radius 3 is 3.00 bits per heavy atom. The molecule has 0 spiro atoms. The van der Waals surface area contributed by atoms with E-state index in [0.29, 0.717) is 16.4 Å². The summed E-state index contributed by atoms with van der Waals surface area (Å²) >= 11 is 2.62. The van der Waals surface area contributed by atoms with Crippen LogP contribution in [0.15, 0.2) is 23.7 Å². The summed E-state index contributed by atoms with van der Waals surface area (Å²) in [5.74, 6) is -0.602. The molecule has 2 rings (SSSR count). The van der Waals surface area contributed by atoms with Crippen LogP contribution in [0.4, 0.5) is 5.13 Å². The summed E-state index contributed by atoms with van der Waals surface area (Å²) in [6.07, 6.45) is 1.70. The topological polar surface area (TPSA) is 68.3 Å². The second kappa shape index (κ2) is 5.74. The molecule has 2 aromatic heterocycles. The van der Waals surface area contributed by atoms with Crippen LogP contribution < -0.4 is 5.32 Å². The molecule has 0 saturated heterocycles. The van der Waals surface area contributed by atoms with Gasteiger partial charge in [-0.25, -0.2) is 9.78 Å². The van der Waals surface area contributed by atoms with Gasteiger partial charge in [-0.2, -0.15) is 0 Å². The van der Waals surface area contributed by atoms with Crippen LogP contribution in [-0.2, 0) is 16.0 Å². The SMILES string of the molecule is COC(=O)c1cnc(NC(=O)Cc2cccs2)s1. The van der Waals surface area contributed by atoms with Crippen molar-refractivity contribution in [2.24, 2.45) is 0 Å². The van der Waals surface area contributed by atoms with Gasteiger partial charge >= 0.3 is 5.97 Å². The highest BCUT2D eigenvalue weighted by Gasteiger charge is 2.12. The van der Waals surface area contributed by atoms with E-state index in [9.17, 15) is 9.59 Å². The summed E-state index contributed by atoms with van der Waals surface area (Å²) in [5, 5.41) is 4.96. The molecule has 0 fully saturated rings. The van der Waals surface area contributed by atoms with Crippen LogP contribution in [0.3, 0.4) is 0 Å². The van der Waals surface area contributed by atoms with E-state index in [1.165, 1.54) is 24.6 Å². The summed E-state index contributed by atoms with van der Waals surface area (Å²) in [6.45, 7) is 0. The highest BCUT2D eigenvalue weighted by molar-refractivity contribution is 7.17. The Bertz CT molecular complexity index is 548. The zero-order valence-corrected chi connectivity index (χ0v) is 11.1.